The average molecular weight is 359 g/mol. The monoisotopic (exact) mass is 359 g/mol. The van der Waals surface area contributed by atoms with Crippen LogP contribution in [0.5, 0.6) is 0 Å². The third-order valence-electron chi connectivity index (χ3n) is 3.78. The van der Waals surface area contributed by atoms with Gasteiger partial charge in [-0.15, -0.1) is 0 Å². The van der Waals surface area contributed by atoms with Gasteiger partial charge in [0.25, 0.3) is 15.9 Å². The highest BCUT2D eigenvalue weighted by Gasteiger charge is 2.25. The minimum atomic E-state index is -3.91. The first-order valence-corrected chi connectivity index (χ1v) is 9.18. The molecule has 1 aliphatic carbocycles. The lowest BCUT2D eigenvalue weighted by atomic mass is 10.1. The largest absolute Gasteiger partial charge is 0.366 e. The number of primary amides is 1. The number of hydrogen-bond donors (Lipinski definition) is 3. The molecule has 0 heterocycles. The molecular formula is C17H17N3O4S. The zero-order valence-electron chi connectivity index (χ0n) is 13.2. The van der Waals surface area contributed by atoms with Crippen LogP contribution in [0.1, 0.15) is 33.6 Å². The number of anilines is 1. The van der Waals surface area contributed by atoms with Gasteiger partial charge in [0.1, 0.15) is 0 Å². The molecule has 1 saturated carbocycles. The summed E-state index contributed by atoms with van der Waals surface area (Å²) in [7, 11) is -3.91. The summed E-state index contributed by atoms with van der Waals surface area (Å²) in [5.41, 5.74) is 5.81. The molecule has 2 amide bonds. The second-order valence-corrected chi connectivity index (χ2v) is 7.47. The molecule has 130 valence electrons. The quantitative estimate of drug-likeness (QED) is 0.724. The Morgan fingerprint density at radius 3 is 2.24 bits per heavy atom. The van der Waals surface area contributed by atoms with Crippen LogP contribution < -0.4 is 15.8 Å². The molecule has 3 rings (SSSR count). The van der Waals surface area contributed by atoms with Crippen molar-refractivity contribution in [2.45, 2.75) is 23.8 Å². The van der Waals surface area contributed by atoms with Crippen molar-refractivity contribution in [3.8, 4) is 0 Å². The molecule has 0 atom stereocenters. The Kier molecular flexibility index (Phi) is 4.45. The van der Waals surface area contributed by atoms with Crippen LogP contribution in [0.3, 0.4) is 0 Å². The maximum atomic E-state index is 12.5. The molecule has 2 aromatic carbocycles. The highest BCUT2D eigenvalue weighted by Crippen LogP contribution is 2.23. The standard InChI is InChI=1S/C17H17N3O4S/c18-16(21)11-5-9-13(10-6-11)25(23,24)20-15-4-2-1-3-14(15)17(22)19-12-7-8-12/h1-6,9-10,12,20H,7-8H2,(H2,18,21)(H,19,22). The van der Waals surface area contributed by atoms with E-state index in [-0.39, 0.29) is 33.7 Å². The van der Waals surface area contributed by atoms with Gasteiger partial charge in [0, 0.05) is 11.6 Å². The first kappa shape index (κ1) is 17.0. The highest BCUT2D eigenvalue weighted by atomic mass is 32.2. The molecule has 1 fully saturated rings. The molecule has 7 nitrogen and oxygen atoms in total. The summed E-state index contributed by atoms with van der Waals surface area (Å²) in [5.74, 6) is -0.955. The Morgan fingerprint density at radius 1 is 1.00 bits per heavy atom. The van der Waals surface area contributed by atoms with Crippen molar-refractivity contribution in [1.82, 2.24) is 5.32 Å². The van der Waals surface area contributed by atoms with Crippen molar-refractivity contribution in [1.29, 1.82) is 0 Å². The molecule has 4 N–H and O–H groups in total. The molecule has 0 aliphatic heterocycles. The number of benzene rings is 2. The zero-order chi connectivity index (χ0) is 18.0. The third-order valence-corrected chi connectivity index (χ3v) is 5.16. The predicted molar refractivity (Wildman–Crippen MR) is 92.7 cm³/mol. The van der Waals surface area contributed by atoms with Crippen LogP contribution in [0.2, 0.25) is 0 Å². The first-order valence-electron chi connectivity index (χ1n) is 7.69. The van der Waals surface area contributed by atoms with Crippen LogP contribution in [-0.4, -0.2) is 26.3 Å². The van der Waals surface area contributed by atoms with E-state index < -0.39 is 15.9 Å². The Labute approximate surface area is 145 Å². The molecule has 1 aliphatic rings. The van der Waals surface area contributed by atoms with Crippen molar-refractivity contribution >= 4 is 27.5 Å². The van der Waals surface area contributed by atoms with Gasteiger partial charge < -0.3 is 11.1 Å². The van der Waals surface area contributed by atoms with Crippen molar-refractivity contribution in [2.24, 2.45) is 5.73 Å². The van der Waals surface area contributed by atoms with E-state index in [2.05, 4.69) is 10.0 Å². The van der Waals surface area contributed by atoms with Gasteiger partial charge in [0.05, 0.1) is 16.1 Å². The summed E-state index contributed by atoms with van der Waals surface area (Å²) in [6.45, 7) is 0. The molecule has 0 aromatic heterocycles. The van der Waals surface area contributed by atoms with E-state index >= 15 is 0 Å². The van der Waals surface area contributed by atoms with Crippen LogP contribution in [-0.2, 0) is 10.0 Å². The second kappa shape index (κ2) is 6.56. The molecule has 0 saturated heterocycles. The van der Waals surface area contributed by atoms with Crippen LogP contribution in [0.15, 0.2) is 53.4 Å². The number of sulfonamides is 1. The van der Waals surface area contributed by atoms with E-state index in [4.69, 9.17) is 5.73 Å². The topological polar surface area (TPSA) is 118 Å². The smallest absolute Gasteiger partial charge is 0.261 e. The molecule has 0 unspecified atom stereocenters. The number of nitrogens with one attached hydrogen (secondary N) is 2. The SMILES string of the molecule is NC(=O)c1ccc(S(=O)(=O)Nc2ccccc2C(=O)NC2CC2)cc1. The Bertz CT molecular complexity index is 919. The van der Waals surface area contributed by atoms with Crippen LogP contribution in [0, 0.1) is 0 Å². The minimum Gasteiger partial charge on any atom is -0.366 e. The van der Waals surface area contributed by atoms with E-state index in [9.17, 15) is 18.0 Å². The van der Waals surface area contributed by atoms with Gasteiger partial charge in [-0.25, -0.2) is 8.42 Å². The van der Waals surface area contributed by atoms with E-state index in [0.29, 0.717) is 0 Å². The van der Waals surface area contributed by atoms with Gasteiger partial charge in [0.15, 0.2) is 0 Å². The molecular weight excluding hydrogens is 342 g/mol. The molecule has 0 radical (unpaired) electrons. The number of para-hydroxylation sites is 1. The highest BCUT2D eigenvalue weighted by molar-refractivity contribution is 7.92. The fourth-order valence-corrected chi connectivity index (χ4v) is 3.34. The summed E-state index contributed by atoms with van der Waals surface area (Å²) in [4.78, 5) is 23.3. The number of amides is 2. The van der Waals surface area contributed by atoms with Gasteiger partial charge in [-0.3, -0.25) is 14.3 Å². The molecule has 0 bridgehead atoms. The van der Waals surface area contributed by atoms with Crippen molar-refractivity contribution < 1.29 is 18.0 Å². The summed E-state index contributed by atoms with van der Waals surface area (Å²) in [6.07, 6.45) is 1.87. The summed E-state index contributed by atoms with van der Waals surface area (Å²) in [6, 6.07) is 11.8. The van der Waals surface area contributed by atoms with Gasteiger partial charge >= 0.3 is 0 Å². The third kappa shape index (κ3) is 3.97. The van der Waals surface area contributed by atoms with E-state index in [1.165, 1.54) is 30.3 Å². The fourth-order valence-electron chi connectivity index (χ4n) is 2.26. The van der Waals surface area contributed by atoms with Crippen molar-refractivity contribution in [2.75, 3.05) is 4.72 Å². The van der Waals surface area contributed by atoms with Crippen molar-refractivity contribution in [3.63, 3.8) is 0 Å². The maximum Gasteiger partial charge on any atom is 0.261 e. The van der Waals surface area contributed by atoms with Gasteiger partial charge in [-0.2, -0.15) is 0 Å². The number of hydrogen-bond acceptors (Lipinski definition) is 4. The number of rotatable bonds is 6. The Morgan fingerprint density at radius 2 is 1.64 bits per heavy atom. The van der Waals surface area contributed by atoms with Crippen LogP contribution in [0.4, 0.5) is 5.69 Å². The minimum absolute atomic E-state index is 0.0325. The van der Waals surface area contributed by atoms with E-state index in [1.54, 1.807) is 18.2 Å². The Balaban J connectivity index is 1.85. The number of carbonyl (C=O) groups excluding carboxylic acids is 2. The van der Waals surface area contributed by atoms with Gasteiger partial charge in [-0.05, 0) is 49.2 Å². The van der Waals surface area contributed by atoms with E-state index in [1.807, 2.05) is 0 Å². The van der Waals surface area contributed by atoms with Crippen LogP contribution >= 0.6 is 0 Å². The summed E-state index contributed by atoms with van der Waals surface area (Å²) < 4.78 is 27.5. The number of nitrogens with two attached hydrogens (primary N) is 1. The molecule has 2 aromatic rings. The maximum absolute atomic E-state index is 12.5. The van der Waals surface area contributed by atoms with Crippen molar-refractivity contribution in [3.05, 3.63) is 59.7 Å². The Hall–Kier alpha value is -2.87. The average Bonchev–Trinajstić information content (AvgIpc) is 3.39. The van der Waals surface area contributed by atoms with E-state index in [0.717, 1.165) is 12.8 Å². The van der Waals surface area contributed by atoms with Gasteiger partial charge in [0.2, 0.25) is 5.91 Å². The second-order valence-electron chi connectivity index (χ2n) is 5.79. The number of carbonyl (C=O) groups is 2. The summed E-state index contributed by atoms with van der Waals surface area (Å²) in [5, 5.41) is 2.83. The molecule has 0 spiro atoms. The first-order chi connectivity index (χ1) is 11.9. The normalized spacial score (nSPS) is 13.9. The lowest BCUT2D eigenvalue weighted by Crippen LogP contribution is -2.27. The molecule has 25 heavy (non-hydrogen) atoms. The lowest BCUT2D eigenvalue weighted by Gasteiger charge is -2.12. The van der Waals surface area contributed by atoms with Crippen LogP contribution in [0.25, 0.3) is 0 Å². The van der Waals surface area contributed by atoms with Gasteiger partial charge in [-0.1, -0.05) is 12.1 Å². The molecule has 8 heteroatoms. The summed E-state index contributed by atoms with van der Waals surface area (Å²) >= 11 is 0. The fraction of sp³-hybridized carbons (Fsp3) is 0.176. The zero-order valence-corrected chi connectivity index (χ0v) is 14.0. The lowest BCUT2D eigenvalue weighted by molar-refractivity contribution is 0.0950. The predicted octanol–water partition coefficient (Wildman–Crippen LogP) is 1.48.